The van der Waals surface area contributed by atoms with Gasteiger partial charge in [0.05, 0.1) is 12.6 Å². The molecule has 0 aromatic heterocycles. The summed E-state index contributed by atoms with van der Waals surface area (Å²) >= 11 is 0. The van der Waals surface area contributed by atoms with Crippen molar-refractivity contribution in [3.63, 3.8) is 0 Å². The quantitative estimate of drug-likeness (QED) is 0.662. The van der Waals surface area contributed by atoms with Gasteiger partial charge in [-0.3, -0.25) is 0 Å². The number of fused-ring (bicyclic) bond motifs is 1. The molecule has 3 rings (SSSR count). The van der Waals surface area contributed by atoms with Crippen molar-refractivity contribution in [2.75, 3.05) is 13.2 Å². The number of guanidine groups is 1. The Morgan fingerprint density at radius 2 is 2.09 bits per heavy atom. The normalized spacial score (nSPS) is 28.9. The maximum Gasteiger partial charge on any atom is 0.191 e. The predicted molar refractivity (Wildman–Crippen MR) is 89.8 cm³/mol. The number of nitrogens with one attached hydrogen (secondary N) is 2. The average Bonchev–Trinajstić information content (AvgIpc) is 2.98. The van der Waals surface area contributed by atoms with Crippen LogP contribution in [0.4, 0.5) is 4.39 Å². The van der Waals surface area contributed by atoms with Gasteiger partial charge in [-0.05, 0) is 31.0 Å². The number of benzene rings is 1. The topological polar surface area (TPSA) is 45.7 Å². The van der Waals surface area contributed by atoms with Gasteiger partial charge in [0.1, 0.15) is 5.82 Å². The average molecular weight is 319 g/mol. The van der Waals surface area contributed by atoms with Crippen molar-refractivity contribution in [3.8, 4) is 0 Å². The van der Waals surface area contributed by atoms with Gasteiger partial charge in [-0.1, -0.05) is 26.0 Å². The van der Waals surface area contributed by atoms with Gasteiger partial charge in [-0.25, -0.2) is 9.38 Å². The van der Waals surface area contributed by atoms with E-state index in [1.807, 2.05) is 0 Å². The molecule has 0 spiro atoms. The largest absolute Gasteiger partial charge is 0.377 e. The molecule has 3 unspecified atom stereocenters. The molecule has 1 aromatic carbocycles. The Hall–Kier alpha value is -1.62. The fraction of sp³-hybridized carbons (Fsp3) is 0.611. The van der Waals surface area contributed by atoms with Crippen LogP contribution in [-0.4, -0.2) is 31.3 Å². The third-order valence-corrected chi connectivity index (χ3v) is 5.07. The van der Waals surface area contributed by atoms with E-state index in [2.05, 4.69) is 36.4 Å². The first-order valence-electron chi connectivity index (χ1n) is 8.43. The first kappa shape index (κ1) is 16.2. The van der Waals surface area contributed by atoms with Crippen molar-refractivity contribution < 1.29 is 9.13 Å². The fourth-order valence-corrected chi connectivity index (χ4v) is 3.84. The van der Waals surface area contributed by atoms with E-state index in [9.17, 15) is 4.39 Å². The van der Waals surface area contributed by atoms with Gasteiger partial charge in [-0.2, -0.15) is 0 Å². The maximum atomic E-state index is 13.0. The van der Waals surface area contributed by atoms with Crippen LogP contribution in [0.5, 0.6) is 0 Å². The molecule has 1 saturated heterocycles. The summed E-state index contributed by atoms with van der Waals surface area (Å²) in [6.45, 7) is 8.77. The summed E-state index contributed by atoms with van der Waals surface area (Å²) in [5, 5.41) is 6.89. The number of ether oxygens (including phenoxy) is 1. The number of hydrogen-bond acceptors (Lipinski definition) is 2. The Labute approximate surface area is 137 Å². The summed E-state index contributed by atoms with van der Waals surface area (Å²) in [4.78, 5) is 4.65. The standard InChI is InChI=1S/C18H26FN3O/c1-4-20-17(21-11-12-5-7-13(19)8-6-12)22-15-14-9-10-23-16(14)18(15,2)3/h5-8,14-16H,4,9-11H2,1-3H3,(H2,20,21,22). The zero-order valence-electron chi connectivity index (χ0n) is 14.1. The third-order valence-electron chi connectivity index (χ3n) is 5.07. The van der Waals surface area contributed by atoms with Gasteiger partial charge in [-0.15, -0.1) is 0 Å². The predicted octanol–water partition coefficient (Wildman–Crippen LogP) is 2.69. The van der Waals surface area contributed by atoms with Crippen LogP contribution >= 0.6 is 0 Å². The summed E-state index contributed by atoms with van der Waals surface area (Å²) in [5.41, 5.74) is 1.12. The van der Waals surface area contributed by atoms with Crippen molar-refractivity contribution in [2.24, 2.45) is 16.3 Å². The van der Waals surface area contributed by atoms with E-state index in [1.165, 1.54) is 12.1 Å². The van der Waals surface area contributed by atoms with E-state index in [0.717, 1.165) is 31.1 Å². The van der Waals surface area contributed by atoms with E-state index >= 15 is 0 Å². The van der Waals surface area contributed by atoms with E-state index in [1.54, 1.807) is 12.1 Å². The van der Waals surface area contributed by atoms with Crippen LogP contribution < -0.4 is 10.6 Å². The van der Waals surface area contributed by atoms with Crippen molar-refractivity contribution in [3.05, 3.63) is 35.6 Å². The molecule has 126 valence electrons. The molecule has 1 heterocycles. The number of nitrogens with zero attached hydrogens (tertiary/aromatic N) is 1. The summed E-state index contributed by atoms with van der Waals surface area (Å²) in [5.74, 6) is 1.17. The van der Waals surface area contributed by atoms with Gasteiger partial charge in [0.2, 0.25) is 0 Å². The molecule has 2 N–H and O–H groups in total. The molecule has 1 saturated carbocycles. The van der Waals surface area contributed by atoms with Gasteiger partial charge in [0.15, 0.2) is 5.96 Å². The van der Waals surface area contributed by atoms with Crippen LogP contribution in [0, 0.1) is 17.2 Å². The lowest BCUT2D eigenvalue weighted by Crippen LogP contribution is -2.67. The lowest BCUT2D eigenvalue weighted by atomic mass is 9.57. The van der Waals surface area contributed by atoms with E-state index < -0.39 is 0 Å². The summed E-state index contributed by atoms with van der Waals surface area (Å²) < 4.78 is 18.8. The number of rotatable bonds is 4. The van der Waals surface area contributed by atoms with Crippen molar-refractivity contribution in [2.45, 2.75) is 45.9 Å². The molecular formula is C18H26FN3O. The highest BCUT2D eigenvalue weighted by atomic mass is 19.1. The second-order valence-electron chi connectivity index (χ2n) is 7.01. The molecule has 23 heavy (non-hydrogen) atoms. The van der Waals surface area contributed by atoms with Crippen LogP contribution in [0.15, 0.2) is 29.3 Å². The molecule has 1 aliphatic carbocycles. The highest BCUT2D eigenvalue weighted by Gasteiger charge is 2.59. The van der Waals surface area contributed by atoms with Gasteiger partial charge >= 0.3 is 0 Å². The number of aliphatic imine (C=N–C) groups is 1. The number of halogens is 1. The van der Waals surface area contributed by atoms with E-state index in [4.69, 9.17) is 4.74 Å². The zero-order chi connectivity index (χ0) is 16.4. The highest BCUT2D eigenvalue weighted by Crippen LogP contribution is 2.52. The molecule has 2 aliphatic rings. The van der Waals surface area contributed by atoms with E-state index in [-0.39, 0.29) is 11.2 Å². The lowest BCUT2D eigenvalue weighted by molar-refractivity contribution is -0.106. The molecule has 0 radical (unpaired) electrons. The van der Waals surface area contributed by atoms with Crippen molar-refractivity contribution >= 4 is 5.96 Å². The minimum atomic E-state index is -0.216. The summed E-state index contributed by atoms with van der Waals surface area (Å²) in [7, 11) is 0. The molecule has 5 heteroatoms. The summed E-state index contributed by atoms with van der Waals surface area (Å²) in [6, 6.07) is 6.87. The van der Waals surface area contributed by atoms with Crippen molar-refractivity contribution in [1.29, 1.82) is 0 Å². The van der Waals surface area contributed by atoms with Gasteiger partial charge < -0.3 is 15.4 Å². The molecule has 2 fully saturated rings. The Balaban J connectivity index is 1.66. The minimum absolute atomic E-state index is 0.118. The maximum absolute atomic E-state index is 13.0. The smallest absolute Gasteiger partial charge is 0.191 e. The molecule has 3 atom stereocenters. The Morgan fingerprint density at radius 1 is 1.35 bits per heavy atom. The minimum Gasteiger partial charge on any atom is -0.377 e. The van der Waals surface area contributed by atoms with Gasteiger partial charge in [0.25, 0.3) is 0 Å². The molecule has 0 bridgehead atoms. The zero-order valence-corrected chi connectivity index (χ0v) is 14.1. The molecule has 1 aromatic rings. The highest BCUT2D eigenvalue weighted by molar-refractivity contribution is 5.80. The van der Waals surface area contributed by atoms with Crippen LogP contribution in [-0.2, 0) is 11.3 Å². The first-order valence-corrected chi connectivity index (χ1v) is 8.43. The molecule has 0 amide bonds. The van der Waals surface area contributed by atoms with Gasteiger partial charge in [0, 0.05) is 30.5 Å². The Bertz CT molecular complexity index is 570. The summed E-state index contributed by atoms with van der Waals surface area (Å²) in [6.07, 6.45) is 1.48. The van der Waals surface area contributed by atoms with Crippen LogP contribution in [0.3, 0.4) is 0 Å². The SMILES string of the molecule is CCNC(=NCc1ccc(F)cc1)NC1C2CCOC2C1(C)C. The molecule has 4 nitrogen and oxygen atoms in total. The Morgan fingerprint density at radius 3 is 2.78 bits per heavy atom. The first-order chi connectivity index (χ1) is 11.0. The van der Waals surface area contributed by atoms with Crippen molar-refractivity contribution in [1.82, 2.24) is 10.6 Å². The third kappa shape index (κ3) is 3.20. The second kappa shape index (κ2) is 6.48. The van der Waals surface area contributed by atoms with Crippen LogP contribution in [0.2, 0.25) is 0 Å². The van der Waals surface area contributed by atoms with Crippen LogP contribution in [0.1, 0.15) is 32.8 Å². The monoisotopic (exact) mass is 319 g/mol. The second-order valence-corrected chi connectivity index (χ2v) is 7.01. The van der Waals surface area contributed by atoms with E-state index in [0.29, 0.717) is 24.6 Å². The Kier molecular flexibility index (Phi) is 4.57. The van der Waals surface area contributed by atoms with Crippen LogP contribution in [0.25, 0.3) is 0 Å². The lowest BCUT2D eigenvalue weighted by Gasteiger charge is -2.54. The number of hydrogen-bond donors (Lipinski definition) is 2. The molecular weight excluding hydrogens is 293 g/mol. The molecule has 1 aliphatic heterocycles. The fourth-order valence-electron chi connectivity index (χ4n) is 3.84.